The van der Waals surface area contributed by atoms with Crippen LogP contribution in [-0.4, -0.2) is 22.6 Å². The third kappa shape index (κ3) is 5.78. The maximum atomic E-state index is 12.0. The fraction of sp³-hybridized carbons (Fsp3) is 0.167. The third-order valence-electron chi connectivity index (χ3n) is 3.78. The topological polar surface area (TPSA) is 130 Å². The maximum Gasteiger partial charge on any atom is 0.269 e. The first kappa shape index (κ1) is 20.8. The van der Waals surface area contributed by atoms with Crippen LogP contribution in [0.15, 0.2) is 42.5 Å². The van der Waals surface area contributed by atoms with Crippen molar-refractivity contribution in [3.05, 3.63) is 68.7 Å². The molecule has 0 radical (unpaired) electrons. The smallest absolute Gasteiger partial charge is 0.269 e. The summed E-state index contributed by atoms with van der Waals surface area (Å²) in [7, 11) is 0. The van der Waals surface area contributed by atoms with E-state index < -0.39 is 16.7 Å². The molecule has 0 unspecified atom stereocenters. The van der Waals surface area contributed by atoms with Gasteiger partial charge in [0.1, 0.15) is 0 Å². The zero-order valence-electron chi connectivity index (χ0n) is 14.8. The van der Waals surface area contributed by atoms with Crippen molar-refractivity contribution < 1.29 is 19.3 Å². The van der Waals surface area contributed by atoms with E-state index in [1.54, 1.807) is 25.1 Å². The summed E-state index contributed by atoms with van der Waals surface area (Å²) in [6, 6.07) is 9.99. The lowest BCUT2D eigenvalue weighted by molar-refractivity contribution is -0.384. The molecule has 146 valence electrons. The minimum absolute atomic E-state index is 0.0921. The van der Waals surface area contributed by atoms with E-state index in [4.69, 9.17) is 11.6 Å². The van der Waals surface area contributed by atoms with Crippen molar-refractivity contribution >= 4 is 40.7 Å². The molecule has 2 aromatic rings. The van der Waals surface area contributed by atoms with E-state index in [0.29, 0.717) is 10.7 Å². The number of nitrogens with one attached hydrogen (secondary N) is 3. The van der Waals surface area contributed by atoms with Gasteiger partial charge in [0.15, 0.2) is 0 Å². The molecule has 9 nitrogen and oxygen atoms in total. The Balaban J connectivity index is 1.77. The average molecular weight is 405 g/mol. The Kier molecular flexibility index (Phi) is 7.05. The highest BCUT2D eigenvalue weighted by Gasteiger charge is 2.12. The molecule has 0 spiro atoms. The van der Waals surface area contributed by atoms with Crippen LogP contribution in [-0.2, 0) is 9.59 Å². The van der Waals surface area contributed by atoms with E-state index in [0.717, 1.165) is 5.56 Å². The van der Waals surface area contributed by atoms with Crippen molar-refractivity contribution in [3.63, 3.8) is 0 Å². The van der Waals surface area contributed by atoms with Crippen LogP contribution in [0.1, 0.15) is 28.8 Å². The maximum absolute atomic E-state index is 12.0. The quantitative estimate of drug-likeness (QED) is 0.503. The molecular formula is C18H17ClN4O5. The number of halogens is 1. The monoisotopic (exact) mass is 404 g/mol. The number of amides is 3. The van der Waals surface area contributed by atoms with Crippen molar-refractivity contribution in [1.29, 1.82) is 0 Å². The second-order valence-electron chi connectivity index (χ2n) is 5.77. The highest BCUT2D eigenvalue weighted by atomic mass is 35.5. The van der Waals surface area contributed by atoms with Crippen LogP contribution in [0.2, 0.25) is 5.02 Å². The Hall–Kier alpha value is -3.46. The van der Waals surface area contributed by atoms with Crippen LogP contribution in [0.3, 0.4) is 0 Å². The molecule has 2 aromatic carbocycles. The number of nitrogens with zero attached hydrogens (tertiary/aromatic N) is 1. The molecule has 0 saturated heterocycles. The lowest BCUT2D eigenvalue weighted by Gasteiger charge is -2.10. The molecular weight excluding hydrogens is 388 g/mol. The highest BCUT2D eigenvalue weighted by Crippen LogP contribution is 2.23. The van der Waals surface area contributed by atoms with Gasteiger partial charge in [0, 0.05) is 41.2 Å². The van der Waals surface area contributed by atoms with Crippen molar-refractivity contribution in [2.24, 2.45) is 0 Å². The number of nitro benzene ring substituents is 1. The van der Waals surface area contributed by atoms with Crippen LogP contribution in [0.5, 0.6) is 0 Å². The van der Waals surface area contributed by atoms with Gasteiger partial charge in [0.25, 0.3) is 11.6 Å². The van der Waals surface area contributed by atoms with E-state index in [1.165, 1.54) is 24.3 Å². The Morgan fingerprint density at radius 3 is 2.29 bits per heavy atom. The normalized spacial score (nSPS) is 10.1. The third-order valence-corrected chi connectivity index (χ3v) is 4.19. The SMILES string of the molecule is Cc1c(Cl)cccc1NC(=O)CCC(=O)NNC(=O)c1ccc([N+](=O)[O-])cc1. The summed E-state index contributed by atoms with van der Waals surface area (Å²) in [5, 5.41) is 13.8. The van der Waals surface area contributed by atoms with E-state index in [1.807, 2.05) is 0 Å². The lowest BCUT2D eigenvalue weighted by Crippen LogP contribution is -2.41. The van der Waals surface area contributed by atoms with Gasteiger partial charge in [-0.1, -0.05) is 17.7 Å². The zero-order chi connectivity index (χ0) is 20.7. The highest BCUT2D eigenvalue weighted by molar-refractivity contribution is 6.31. The second-order valence-corrected chi connectivity index (χ2v) is 6.17. The van der Waals surface area contributed by atoms with Crippen molar-refractivity contribution in [3.8, 4) is 0 Å². The van der Waals surface area contributed by atoms with E-state index in [9.17, 15) is 24.5 Å². The van der Waals surface area contributed by atoms with Gasteiger partial charge in [-0.2, -0.15) is 0 Å². The van der Waals surface area contributed by atoms with Gasteiger partial charge in [0.05, 0.1) is 4.92 Å². The fourth-order valence-corrected chi connectivity index (χ4v) is 2.35. The lowest BCUT2D eigenvalue weighted by atomic mass is 10.2. The van der Waals surface area contributed by atoms with Crippen molar-refractivity contribution in [2.75, 3.05) is 5.32 Å². The minimum atomic E-state index is -0.637. The van der Waals surface area contributed by atoms with Gasteiger partial charge in [-0.25, -0.2) is 0 Å². The first-order valence-corrected chi connectivity index (χ1v) is 8.54. The summed E-state index contributed by atoms with van der Waals surface area (Å²) >= 11 is 5.98. The summed E-state index contributed by atoms with van der Waals surface area (Å²) < 4.78 is 0. The summed E-state index contributed by atoms with van der Waals surface area (Å²) in [5.74, 6) is -1.57. The van der Waals surface area contributed by atoms with Crippen LogP contribution >= 0.6 is 11.6 Å². The molecule has 3 amide bonds. The van der Waals surface area contributed by atoms with Crippen LogP contribution < -0.4 is 16.2 Å². The van der Waals surface area contributed by atoms with Gasteiger partial charge in [-0.05, 0) is 36.8 Å². The number of carbonyl (C=O) groups is 3. The molecule has 0 aliphatic heterocycles. The fourth-order valence-electron chi connectivity index (χ4n) is 2.18. The van der Waals surface area contributed by atoms with E-state index >= 15 is 0 Å². The Morgan fingerprint density at radius 1 is 1.00 bits per heavy atom. The molecule has 10 heteroatoms. The average Bonchev–Trinajstić information content (AvgIpc) is 2.68. The van der Waals surface area contributed by atoms with Crippen molar-refractivity contribution in [1.82, 2.24) is 10.9 Å². The van der Waals surface area contributed by atoms with Gasteiger partial charge >= 0.3 is 0 Å². The minimum Gasteiger partial charge on any atom is -0.326 e. The van der Waals surface area contributed by atoms with Crippen molar-refractivity contribution in [2.45, 2.75) is 19.8 Å². The second kappa shape index (κ2) is 9.47. The number of carbonyl (C=O) groups excluding carboxylic acids is 3. The number of hydrazine groups is 1. The van der Waals surface area contributed by atoms with Gasteiger partial charge in [-0.15, -0.1) is 0 Å². The van der Waals surface area contributed by atoms with Crippen LogP contribution in [0.4, 0.5) is 11.4 Å². The van der Waals surface area contributed by atoms with Crippen LogP contribution in [0.25, 0.3) is 0 Å². The van der Waals surface area contributed by atoms with Gasteiger partial charge in [-0.3, -0.25) is 35.3 Å². The Bertz CT molecular complexity index is 915. The number of benzene rings is 2. The molecule has 0 heterocycles. The molecule has 3 N–H and O–H groups in total. The molecule has 0 saturated carbocycles. The Morgan fingerprint density at radius 2 is 1.64 bits per heavy atom. The predicted molar refractivity (Wildman–Crippen MR) is 103 cm³/mol. The van der Waals surface area contributed by atoms with Gasteiger partial charge < -0.3 is 5.32 Å². The van der Waals surface area contributed by atoms with E-state index in [-0.39, 0.29) is 30.0 Å². The number of rotatable bonds is 6. The van der Waals surface area contributed by atoms with E-state index in [2.05, 4.69) is 16.2 Å². The molecule has 0 aliphatic carbocycles. The largest absolute Gasteiger partial charge is 0.326 e. The number of anilines is 1. The molecule has 0 fully saturated rings. The molecule has 28 heavy (non-hydrogen) atoms. The zero-order valence-corrected chi connectivity index (χ0v) is 15.6. The number of nitro groups is 1. The first-order chi connectivity index (χ1) is 13.3. The molecule has 0 aliphatic rings. The molecule has 0 aromatic heterocycles. The first-order valence-electron chi connectivity index (χ1n) is 8.16. The number of hydrogen-bond acceptors (Lipinski definition) is 5. The summed E-state index contributed by atoms with van der Waals surface area (Å²) in [4.78, 5) is 45.6. The van der Waals surface area contributed by atoms with Gasteiger partial charge in [0.2, 0.25) is 11.8 Å². The summed E-state index contributed by atoms with van der Waals surface area (Å²) in [5.41, 5.74) is 5.63. The standard InChI is InChI=1S/C18H17ClN4O5/c1-11-14(19)3-2-4-15(11)20-16(24)9-10-17(25)21-22-18(26)12-5-7-13(8-6-12)23(27)28/h2-8H,9-10H2,1H3,(H,20,24)(H,21,25)(H,22,26). The predicted octanol–water partition coefficient (Wildman–Crippen LogP) is 2.74. The molecule has 2 rings (SSSR count). The number of hydrogen-bond donors (Lipinski definition) is 3. The molecule has 0 atom stereocenters. The number of non-ortho nitro benzene ring substituents is 1. The van der Waals surface area contributed by atoms with Crippen LogP contribution in [0, 0.1) is 17.0 Å². The Labute approximate surface area is 165 Å². The summed E-state index contributed by atoms with van der Waals surface area (Å²) in [6.07, 6.45) is -0.239. The molecule has 0 bridgehead atoms. The summed E-state index contributed by atoms with van der Waals surface area (Å²) in [6.45, 7) is 1.76.